The van der Waals surface area contributed by atoms with Crippen LogP contribution < -0.4 is 14.4 Å². The van der Waals surface area contributed by atoms with Gasteiger partial charge in [0.25, 0.3) is 11.8 Å². The van der Waals surface area contributed by atoms with Crippen molar-refractivity contribution < 1.29 is 33.2 Å². The second-order valence-electron chi connectivity index (χ2n) is 14.9. The molecular formula is C39H45ClN4O7S. The highest BCUT2D eigenvalue weighted by molar-refractivity contribution is 7.92. The topological polar surface area (TPSA) is 140 Å². The van der Waals surface area contributed by atoms with Crippen molar-refractivity contribution in [3.8, 4) is 5.75 Å². The van der Waals surface area contributed by atoms with Crippen molar-refractivity contribution in [2.75, 3.05) is 37.5 Å². The number of aliphatic hydroxyl groups excluding tert-OH is 1. The number of aromatic nitrogens is 1. The number of aliphatic hydroxyl groups is 1. The van der Waals surface area contributed by atoms with Crippen LogP contribution in [0.25, 0.3) is 0 Å². The summed E-state index contributed by atoms with van der Waals surface area (Å²) >= 11 is 6.44. The predicted molar refractivity (Wildman–Crippen MR) is 200 cm³/mol. The molecule has 0 radical (unpaired) electrons. The van der Waals surface area contributed by atoms with Crippen LogP contribution in [0.4, 0.5) is 5.69 Å². The quantitative estimate of drug-likeness (QED) is 0.263. The average Bonchev–Trinajstić information content (AvgIpc) is 3.42. The van der Waals surface area contributed by atoms with Crippen LogP contribution >= 0.6 is 11.6 Å². The minimum Gasteiger partial charge on any atom is -0.490 e. The number of amides is 2. The molecule has 2 N–H and O–H groups in total. The van der Waals surface area contributed by atoms with Crippen molar-refractivity contribution in [3.63, 3.8) is 0 Å². The van der Waals surface area contributed by atoms with Gasteiger partial charge in [0.05, 0.1) is 41.5 Å². The third kappa shape index (κ3) is 7.05. The normalized spacial score (nSPS) is 30.8. The lowest BCUT2D eigenvalue weighted by atomic mass is 9.68. The third-order valence-electron chi connectivity index (χ3n) is 11.4. The van der Waals surface area contributed by atoms with Crippen LogP contribution in [-0.4, -0.2) is 76.8 Å². The van der Waals surface area contributed by atoms with Gasteiger partial charge in [0.2, 0.25) is 0 Å². The number of aryl methyl sites for hydroxylation is 2. The van der Waals surface area contributed by atoms with E-state index < -0.39 is 33.8 Å². The van der Waals surface area contributed by atoms with Crippen molar-refractivity contribution in [1.82, 2.24) is 9.29 Å². The Kier molecular flexibility index (Phi) is 10.1. The van der Waals surface area contributed by atoms with Gasteiger partial charge in [-0.3, -0.25) is 19.1 Å². The van der Waals surface area contributed by atoms with Crippen LogP contribution in [0.15, 0.2) is 65.2 Å². The number of anilines is 1. The summed E-state index contributed by atoms with van der Waals surface area (Å²) in [4.78, 5) is 41.2. The summed E-state index contributed by atoms with van der Waals surface area (Å²) in [6, 6.07) is 12.6. The average molecular weight is 749 g/mol. The number of ether oxygens (including phenoxy) is 2. The Hall–Kier alpha value is -3.97. The van der Waals surface area contributed by atoms with Gasteiger partial charge >= 0.3 is 0 Å². The molecule has 7 rings (SSSR count). The number of fused-ring (bicyclic) bond motifs is 4. The van der Waals surface area contributed by atoms with Crippen molar-refractivity contribution in [3.05, 3.63) is 93.8 Å². The van der Waals surface area contributed by atoms with Gasteiger partial charge in [-0.05, 0) is 97.4 Å². The predicted octanol–water partition coefficient (Wildman–Crippen LogP) is 5.53. The van der Waals surface area contributed by atoms with Gasteiger partial charge in [0, 0.05) is 49.4 Å². The summed E-state index contributed by atoms with van der Waals surface area (Å²) in [7, 11) is -0.503. The molecular weight excluding hydrogens is 704 g/mol. The molecule has 2 aliphatic heterocycles. The zero-order chi connectivity index (χ0) is 36.8. The van der Waals surface area contributed by atoms with Gasteiger partial charge in [-0.1, -0.05) is 36.7 Å². The van der Waals surface area contributed by atoms with E-state index in [1.807, 2.05) is 12.1 Å². The molecule has 2 aromatic carbocycles. The number of hydrogen-bond donors (Lipinski definition) is 2. The highest BCUT2D eigenvalue weighted by Crippen LogP contribution is 2.47. The minimum absolute atomic E-state index is 0.0894. The lowest BCUT2D eigenvalue weighted by molar-refractivity contribution is 0.0124. The first-order valence-electron chi connectivity index (χ1n) is 17.8. The molecule has 3 aromatic rings. The van der Waals surface area contributed by atoms with Crippen LogP contribution in [0, 0.1) is 17.8 Å². The number of methoxy groups -OCH3 is 1. The number of hydrogen-bond acceptors (Lipinski definition) is 8. The molecule has 2 bridgehead atoms. The SMILES string of the molecule is CO[C@H]1/C=C/[C@H](O)[C@H](C)C[S@@](=O)(NC(=O)c2cc(C=O)n(C)c2)=NC(=O)c2ccc3c(c2)N(C[C@@H]2CC[C@H]21)C[C@@]1(CCCc2cc(Cl)ccc21)CO3. The fourth-order valence-electron chi connectivity index (χ4n) is 8.36. The van der Waals surface area contributed by atoms with Gasteiger partial charge in [0.1, 0.15) is 15.7 Å². The summed E-state index contributed by atoms with van der Waals surface area (Å²) in [6.07, 6.45) is 9.09. The molecule has 1 fully saturated rings. The number of nitrogens with one attached hydrogen (secondary N) is 1. The Morgan fingerprint density at radius 1 is 1.19 bits per heavy atom. The second kappa shape index (κ2) is 14.5. The van der Waals surface area contributed by atoms with E-state index in [0.29, 0.717) is 36.8 Å². The highest BCUT2D eigenvalue weighted by Gasteiger charge is 2.44. The zero-order valence-electron chi connectivity index (χ0n) is 29.6. The zero-order valence-corrected chi connectivity index (χ0v) is 31.2. The van der Waals surface area contributed by atoms with Crippen LogP contribution in [0.1, 0.15) is 74.9 Å². The molecule has 2 amide bonds. The lowest BCUT2D eigenvalue weighted by Crippen LogP contribution is -2.49. The first-order valence-corrected chi connectivity index (χ1v) is 19.9. The molecule has 1 saturated carbocycles. The first kappa shape index (κ1) is 36.4. The first-order chi connectivity index (χ1) is 24.9. The van der Waals surface area contributed by atoms with E-state index in [1.54, 1.807) is 45.4 Å². The molecule has 276 valence electrons. The highest BCUT2D eigenvalue weighted by atomic mass is 35.5. The summed E-state index contributed by atoms with van der Waals surface area (Å²) in [5.74, 6) is -1.36. The Morgan fingerprint density at radius 2 is 2.02 bits per heavy atom. The molecule has 52 heavy (non-hydrogen) atoms. The maximum Gasteiger partial charge on any atom is 0.286 e. The molecule has 0 saturated heterocycles. The van der Waals surface area contributed by atoms with Crippen molar-refractivity contribution in [2.45, 2.75) is 56.7 Å². The van der Waals surface area contributed by atoms with Gasteiger partial charge in [-0.2, -0.15) is 0 Å². The molecule has 1 spiro atoms. The van der Waals surface area contributed by atoms with E-state index >= 15 is 0 Å². The van der Waals surface area contributed by atoms with E-state index in [-0.39, 0.29) is 45.9 Å². The molecule has 1 aromatic heterocycles. The monoisotopic (exact) mass is 748 g/mol. The van der Waals surface area contributed by atoms with E-state index in [2.05, 4.69) is 26.1 Å². The number of halogens is 1. The van der Waals surface area contributed by atoms with Crippen molar-refractivity contribution in [2.24, 2.45) is 29.2 Å². The fourth-order valence-corrected chi connectivity index (χ4v) is 10.5. The van der Waals surface area contributed by atoms with Crippen LogP contribution in [0.3, 0.4) is 0 Å². The Morgan fingerprint density at radius 3 is 2.75 bits per heavy atom. The number of carbonyl (C=O) groups excluding carboxylic acids is 3. The molecule has 11 nitrogen and oxygen atoms in total. The van der Waals surface area contributed by atoms with E-state index in [4.69, 9.17) is 21.1 Å². The van der Waals surface area contributed by atoms with Crippen LogP contribution in [0.5, 0.6) is 5.75 Å². The number of carbonyl (C=O) groups is 3. The van der Waals surface area contributed by atoms with Crippen molar-refractivity contribution >= 4 is 45.3 Å². The molecule has 13 heteroatoms. The molecule has 2 aliphatic carbocycles. The molecule has 3 heterocycles. The maximum atomic E-state index is 14.5. The number of nitrogens with zero attached hydrogens (tertiary/aromatic N) is 3. The summed E-state index contributed by atoms with van der Waals surface area (Å²) in [5, 5.41) is 11.9. The largest absolute Gasteiger partial charge is 0.490 e. The molecule has 0 unspecified atom stereocenters. The third-order valence-corrected chi connectivity index (χ3v) is 13.6. The molecule has 7 atom stereocenters. The van der Waals surface area contributed by atoms with Crippen molar-refractivity contribution in [1.29, 1.82) is 0 Å². The number of aldehydes is 1. The van der Waals surface area contributed by atoms with Gasteiger partial charge in [0.15, 0.2) is 6.29 Å². The van der Waals surface area contributed by atoms with Crippen LogP contribution in [0.2, 0.25) is 5.02 Å². The summed E-state index contributed by atoms with van der Waals surface area (Å²) in [5.41, 5.74) is 3.44. The van der Waals surface area contributed by atoms with E-state index in [9.17, 15) is 23.7 Å². The Labute approximate surface area is 309 Å². The van der Waals surface area contributed by atoms with Gasteiger partial charge < -0.3 is 24.0 Å². The number of benzene rings is 2. The van der Waals surface area contributed by atoms with E-state index in [0.717, 1.165) is 37.8 Å². The fraction of sp³-hybridized carbons (Fsp3) is 0.462. The second-order valence-corrected chi connectivity index (χ2v) is 17.3. The van der Waals surface area contributed by atoms with E-state index in [1.165, 1.54) is 28.0 Å². The number of rotatable bonds is 4. The van der Waals surface area contributed by atoms with Gasteiger partial charge in [-0.25, -0.2) is 4.21 Å². The standard InChI is InChI=1S/C39H45ClN4O7S/c1-24-21-52(49,42-38(48)28-16-30(20-45)43(2)18-28)41-37(47)26-7-12-36-33(17-26)44(19-27-6-9-31(27)35(50-3)13-11-34(24)46)22-39(23-51-36)14-4-5-25-15-29(40)8-10-32(25)39/h7-8,10-13,15-18,20,24,27,31,34-35,46H,4-6,9,14,19,21-23H2,1-3H3,(H,41,42,47,48,49)/b13-11+/t24-,27+,31-,34+,35+,39+,52+/m1/s1. The molecule has 4 aliphatic rings. The smallest absolute Gasteiger partial charge is 0.286 e. The van der Waals surface area contributed by atoms with Gasteiger partial charge in [-0.15, -0.1) is 4.36 Å². The Bertz CT molecular complexity index is 2050. The maximum absolute atomic E-state index is 14.5. The summed E-state index contributed by atoms with van der Waals surface area (Å²) < 4.78 is 35.3. The minimum atomic E-state index is -3.79. The van der Waals surface area contributed by atoms with Crippen LogP contribution in [-0.2, 0) is 33.5 Å². The Balaban J connectivity index is 1.31. The lowest BCUT2D eigenvalue weighted by Gasteiger charge is -2.46. The summed E-state index contributed by atoms with van der Waals surface area (Å²) in [6.45, 7) is 3.50.